The normalized spacial score (nSPS) is 16.3. The molecule has 0 unspecified atom stereocenters. The molecular weight excluding hydrogens is 354 g/mol. The summed E-state index contributed by atoms with van der Waals surface area (Å²) in [5.74, 6) is 0. The Morgan fingerprint density at radius 3 is 2.62 bits per heavy atom. The molecule has 0 radical (unpaired) electrons. The third-order valence-corrected chi connectivity index (χ3v) is 6.41. The van der Waals surface area contributed by atoms with Crippen molar-refractivity contribution in [1.29, 1.82) is 0 Å². The number of nitrogens with one attached hydrogen (secondary N) is 2. The molecule has 3 heteroatoms. The fourth-order valence-electron chi connectivity index (χ4n) is 4.39. The largest absolute Gasteiger partial charge is 0.382 e. The summed E-state index contributed by atoms with van der Waals surface area (Å²) in [4.78, 5) is 2.46. The molecule has 0 spiro atoms. The topological polar surface area (TPSA) is 27.3 Å². The van der Waals surface area contributed by atoms with E-state index >= 15 is 0 Å². The van der Waals surface area contributed by atoms with Crippen LogP contribution in [0, 0.1) is 6.92 Å². The van der Waals surface area contributed by atoms with Crippen molar-refractivity contribution in [1.82, 2.24) is 10.2 Å². The quantitative estimate of drug-likeness (QED) is 0.584. The SMILES string of the molecule is Cc1ccc(NC2CCNCC2)cc1CN(C)[C@H](C)c1cccc2ccccc12. The maximum Gasteiger partial charge on any atom is 0.0345 e. The van der Waals surface area contributed by atoms with Gasteiger partial charge in [-0.2, -0.15) is 0 Å². The third-order valence-electron chi connectivity index (χ3n) is 6.41. The zero-order chi connectivity index (χ0) is 20.2. The number of rotatable bonds is 6. The Kier molecular flexibility index (Phi) is 6.17. The molecule has 3 aromatic carbocycles. The van der Waals surface area contributed by atoms with Crippen LogP contribution in [-0.4, -0.2) is 31.1 Å². The van der Waals surface area contributed by atoms with Crippen LogP contribution >= 0.6 is 0 Å². The van der Waals surface area contributed by atoms with E-state index in [2.05, 4.69) is 97.1 Å². The second-order valence-corrected chi connectivity index (χ2v) is 8.47. The molecule has 29 heavy (non-hydrogen) atoms. The third kappa shape index (κ3) is 4.63. The molecule has 0 aromatic heterocycles. The van der Waals surface area contributed by atoms with Gasteiger partial charge < -0.3 is 10.6 Å². The lowest BCUT2D eigenvalue weighted by molar-refractivity contribution is 0.254. The highest BCUT2D eigenvalue weighted by Gasteiger charge is 2.17. The van der Waals surface area contributed by atoms with Crippen LogP contribution in [0.3, 0.4) is 0 Å². The van der Waals surface area contributed by atoms with Crippen LogP contribution in [-0.2, 0) is 6.54 Å². The van der Waals surface area contributed by atoms with Gasteiger partial charge in [0.1, 0.15) is 0 Å². The van der Waals surface area contributed by atoms with Crippen molar-refractivity contribution in [2.24, 2.45) is 0 Å². The van der Waals surface area contributed by atoms with E-state index in [9.17, 15) is 0 Å². The maximum absolute atomic E-state index is 3.75. The van der Waals surface area contributed by atoms with Gasteiger partial charge in [-0.15, -0.1) is 0 Å². The monoisotopic (exact) mass is 387 g/mol. The maximum atomic E-state index is 3.75. The van der Waals surface area contributed by atoms with Gasteiger partial charge in [0, 0.05) is 24.3 Å². The van der Waals surface area contributed by atoms with Crippen molar-refractivity contribution in [3.63, 3.8) is 0 Å². The molecule has 1 atom stereocenters. The van der Waals surface area contributed by atoms with Crippen molar-refractivity contribution in [3.05, 3.63) is 77.4 Å². The zero-order valence-corrected chi connectivity index (χ0v) is 17.9. The summed E-state index contributed by atoms with van der Waals surface area (Å²) in [6.45, 7) is 7.70. The summed E-state index contributed by atoms with van der Waals surface area (Å²) >= 11 is 0. The molecule has 0 aliphatic carbocycles. The Labute approximate surface area is 175 Å². The molecule has 2 N–H and O–H groups in total. The van der Waals surface area contributed by atoms with E-state index < -0.39 is 0 Å². The molecule has 3 aromatic rings. The summed E-state index contributed by atoms with van der Waals surface area (Å²) < 4.78 is 0. The Bertz CT molecular complexity index is 954. The lowest BCUT2D eigenvalue weighted by Gasteiger charge is -2.28. The van der Waals surface area contributed by atoms with Gasteiger partial charge in [-0.25, -0.2) is 0 Å². The molecule has 1 aliphatic rings. The number of hydrogen-bond donors (Lipinski definition) is 2. The van der Waals surface area contributed by atoms with E-state index in [1.165, 1.54) is 46.0 Å². The summed E-state index contributed by atoms with van der Waals surface area (Å²) in [5, 5.41) is 9.86. The fraction of sp³-hybridized carbons (Fsp3) is 0.385. The van der Waals surface area contributed by atoms with Crippen molar-refractivity contribution < 1.29 is 0 Å². The summed E-state index contributed by atoms with van der Waals surface area (Å²) in [6.07, 6.45) is 2.39. The van der Waals surface area contributed by atoms with Crippen LogP contribution in [0.1, 0.15) is 42.5 Å². The highest BCUT2D eigenvalue weighted by Crippen LogP contribution is 2.29. The lowest BCUT2D eigenvalue weighted by atomic mass is 9.98. The summed E-state index contributed by atoms with van der Waals surface area (Å²) in [7, 11) is 2.23. The molecule has 0 saturated carbocycles. The molecule has 1 fully saturated rings. The Balaban J connectivity index is 1.51. The van der Waals surface area contributed by atoms with Crippen LogP contribution in [0.2, 0.25) is 0 Å². The Morgan fingerprint density at radius 2 is 1.79 bits per heavy atom. The van der Waals surface area contributed by atoms with E-state index in [1.54, 1.807) is 0 Å². The molecule has 1 heterocycles. The first-order chi connectivity index (χ1) is 14.1. The highest BCUT2D eigenvalue weighted by molar-refractivity contribution is 5.86. The second kappa shape index (κ2) is 8.98. The van der Waals surface area contributed by atoms with Gasteiger partial charge in [-0.1, -0.05) is 48.5 Å². The van der Waals surface area contributed by atoms with E-state index in [0.717, 1.165) is 19.6 Å². The number of benzene rings is 3. The van der Waals surface area contributed by atoms with Crippen LogP contribution < -0.4 is 10.6 Å². The number of fused-ring (bicyclic) bond motifs is 1. The van der Waals surface area contributed by atoms with Gasteiger partial charge >= 0.3 is 0 Å². The van der Waals surface area contributed by atoms with Crippen LogP contribution in [0.4, 0.5) is 5.69 Å². The van der Waals surface area contributed by atoms with Gasteiger partial charge in [0.05, 0.1) is 0 Å². The fourth-order valence-corrected chi connectivity index (χ4v) is 4.39. The van der Waals surface area contributed by atoms with Crippen molar-refractivity contribution >= 4 is 16.5 Å². The van der Waals surface area contributed by atoms with Gasteiger partial charge in [-0.3, -0.25) is 4.90 Å². The van der Waals surface area contributed by atoms with Crippen molar-refractivity contribution in [2.75, 3.05) is 25.5 Å². The van der Waals surface area contributed by atoms with Gasteiger partial charge in [0.2, 0.25) is 0 Å². The smallest absolute Gasteiger partial charge is 0.0345 e. The summed E-state index contributed by atoms with van der Waals surface area (Å²) in [5.41, 5.74) is 5.41. The number of nitrogens with zero attached hydrogens (tertiary/aromatic N) is 1. The standard InChI is InChI=1S/C26H33N3/c1-19-11-12-24(28-23-13-15-27-16-14-23)17-22(19)18-29(3)20(2)25-10-6-8-21-7-4-5-9-26(21)25/h4-12,17,20,23,27-28H,13-16,18H2,1-3H3/t20-/m1/s1. The van der Waals surface area contributed by atoms with E-state index in [1.807, 2.05) is 0 Å². The minimum atomic E-state index is 0.349. The van der Waals surface area contributed by atoms with Crippen LogP contribution in [0.25, 0.3) is 10.8 Å². The van der Waals surface area contributed by atoms with Gasteiger partial charge in [-0.05, 0) is 86.4 Å². The molecule has 0 amide bonds. The first kappa shape index (κ1) is 19.9. The van der Waals surface area contributed by atoms with Gasteiger partial charge in [0.15, 0.2) is 0 Å². The highest BCUT2D eigenvalue weighted by atomic mass is 15.1. The van der Waals surface area contributed by atoms with E-state index in [0.29, 0.717) is 12.1 Å². The average Bonchev–Trinajstić information content (AvgIpc) is 2.76. The minimum Gasteiger partial charge on any atom is -0.382 e. The number of hydrogen-bond acceptors (Lipinski definition) is 3. The second-order valence-electron chi connectivity index (χ2n) is 8.47. The Hall–Kier alpha value is -2.36. The predicted octanol–water partition coefficient (Wildman–Crippen LogP) is 5.51. The molecule has 152 valence electrons. The number of aryl methyl sites for hydroxylation is 1. The first-order valence-corrected chi connectivity index (χ1v) is 10.9. The van der Waals surface area contributed by atoms with Crippen LogP contribution in [0.5, 0.6) is 0 Å². The minimum absolute atomic E-state index is 0.349. The van der Waals surface area contributed by atoms with Crippen LogP contribution in [0.15, 0.2) is 60.7 Å². The van der Waals surface area contributed by atoms with Crippen molar-refractivity contribution in [2.45, 2.75) is 45.3 Å². The number of piperidine rings is 1. The van der Waals surface area contributed by atoms with Crippen molar-refractivity contribution in [3.8, 4) is 0 Å². The molecule has 1 saturated heterocycles. The average molecular weight is 388 g/mol. The first-order valence-electron chi connectivity index (χ1n) is 10.9. The zero-order valence-electron chi connectivity index (χ0n) is 17.9. The lowest BCUT2D eigenvalue weighted by Crippen LogP contribution is -2.35. The summed E-state index contributed by atoms with van der Waals surface area (Å²) in [6, 6.07) is 23.1. The molecular formula is C26H33N3. The van der Waals surface area contributed by atoms with E-state index in [-0.39, 0.29) is 0 Å². The molecule has 4 rings (SSSR count). The van der Waals surface area contributed by atoms with E-state index in [4.69, 9.17) is 0 Å². The number of anilines is 1. The molecule has 3 nitrogen and oxygen atoms in total. The van der Waals surface area contributed by atoms with Gasteiger partial charge in [0.25, 0.3) is 0 Å². The Morgan fingerprint density at radius 1 is 1.03 bits per heavy atom. The molecule has 1 aliphatic heterocycles. The predicted molar refractivity (Wildman–Crippen MR) is 125 cm³/mol. The molecule has 0 bridgehead atoms.